The summed E-state index contributed by atoms with van der Waals surface area (Å²) in [5, 5.41) is 2.94. The Balaban J connectivity index is 2.26. The van der Waals surface area contributed by atoms with Crippen molar-refractivity contribution in [3.05, 3.63) is 35.9 Å². The smallest absolute Gasteiger partial charge is 0.239 e. The molecule has 0 heterocycles. The number of amides is 1. The molecule has 0 aliphatic rings. The van der Waals surface area contributed by atoms with Crippen LogP contribution in [0.5, 0.6) is 0 Å². The van der Waals surface area contributed by atoms with Gasteiger partial charge in [0, 0.05) is 6.04 Å². The number of carbonyl (C=O) groups is 1. The summed E-state index contributed by atoms with van der Waals surface area (Å²) in [6.07, 6.45) is 3.08. The molecule has 3 nitrogen and oxygen atoms in total. The first kappa shape index (κ1) is 14.7. The lowest BCUT2D eigenvalue weighted by Gasteiger charge is -2.21. The van der Waals surface area contributed by atoms with Gasteiger partial charge in [-0.05, 0) is 45.6 Å². The number of hydrogen-bond acceptors (Lipinski definition) is 2. The van der Waals surface area contributed by atoms with E-state index in [4.69, 9.17) is 5.73 Å². The van der Waals surface area contributed by atoms with Gasteiger partial charge in [0.1, 0.15) is 0 Å². The molecule has 0 saturated carbocycles. The van der Waals surface area contributed by atoms with Crippen LogP contribution >= 0.6 is 0 Å². The van der Waals surface area contributed by atoms with Gasteiger partial charge in [0.2, 0.25) is 5.91 Å². The average molecular weight is 248 g/mol. The van der Waals surface area contributed by atoms with Crippen molar-refractivity contribution in [3.8, 4) is 0 Å². The summed E-state index contributed by atoms with van der Waals surface area (Å²) in [6, 6.07) is 10.6. The van der Waals surface area contributed by atoms with Gasteiger partial charge in [-0.15, -0.1) is 0 Å². The highest BCUT2D eigenvalue weighted by molar-refractivity contribution is 5.85. The molecule has 1 aromatic rings. The Morgan fingerprint density at radius 1 is 1.33 bits per heavy atom. The van der Waals surface area contributed by atoms with Crippen molar-refractivity contribution < 1.29 is 4.79 Å². The fraction of sp³-hybridized carbons (Fsp3) is 0.533. The molecule has 3 N–H and O–H groups in total. The van der Waals surface area contributed by atoms with E-state index in [-0.39, 0.29) is 11.9 Å². The predicted molar refractivity (Wildman–Crippen MR) is 75.3 cm³/mol. The molecule has 1 atom stereocenters. The number of carbonyl (C=O) groups excluding carboxylic acids is 1. The number of aryl methyl sites for hydroxylation is 1. The summed E-state index contributed by atoms with van der Waals surface area (Å²) in [5.41, 5.74) is 6.28. The van der Waals surface area contributed by atoms with Crippen molar-refractivity contribution >= 4 is 5.91 Å². The summed E-state index contributed by atoms with van der Waals surface area (Å²) in [4.78, 5) is 11.7. The molecular weight excluding hydrogens is 224 g/mol. The molecule has 18 heavy (non-hydrogen) atoms. The van der Waals surface area contributed by atoms with Crippen molar-refractivity contribution in [1.82, 2.24) is 5.32 Å². The van der Waals surface area contributed by atoms with Crippen LogP contribution in [0.3, 0.4) is 0 Å². The Kier molecular flexibility index (Phi) is 5.35. The van der Waals surface area contributed by atoms with Crippen LogP contribution in [0, 0.1) is 0 Å². The van der Waals surface area contributed by atoms with Gasteiger partial charge >= 0.3 is 0 Å². The van der Waals surface area contributed by atoms with Crippen LogP contribution in [0.2, 0.25) is 0 Å². The first-order chi connectivity index (χ1) is 8.39. The van der Waals surface area contributed by atoms with Gasteiger partial charge < -0.3 is 11.1 Å². The minimum Gasteiger partial charge on any atom is -0.352 e. The number of hydrogen-bond donors (Lipinski definition) is 2. The van der Waals surface area contributed by atoms with E-state index >= 15 is 0 Å². The van der Waals surface area contributed by atoms with Gasteiger partial charge in [0.25, 0.3) is 0 Å². The first-order valence-corrected chi connectivity index (χ1v) is 6.53. The summed E-state index contributed by atoms with van der Waals surface area (Å²) >= 11 is 0. The standard InChI is InChI=1S/C15H24N2O/c1-12(17-14(18)15(2,3)16)8-7-11-13-9-5-4-6-10-13/h4-6,9-10,12H,7-8,11,16H2,1-3H3,(H,17,18). The minimum absolute atomic E-state index is 0.0882. The van der Waals surface area contributed by atoms with E-state index in [0.717, 1.165) is 19.3 Å². The van der Waals surface area contributed by atoms with Crippen LogP contribution in [-0.2, 0) is 11.2 Å². The van der Waals surface area contributed by atoms with Crippen molar-refractivity contribution in [2.24, 2.45) is 5.73 Å². The van der Waals surface area contributed by atoms with E-state index in [1.807, 2.05) is 13.0 Å². The molecule has 1 rings (SSSR count). The molecule has 0 saturated heterocycles. The molecule has 3 heteroatoms. The Bertz CT molecular complexity index is 368. The fourth-order valence-corrected chi connectivity index (χ4v) is 1.74. The lowest BCUT2D eigenvalue weighted by Crippen LogP contribution is -2.51. The second-order valence-corrected chi connectivity index (χ2v) is 5.47. The Morgan fingerprint density at radius 2 is 1.94 bits per heavy atom. The number of nitrogens with two attached hydrogens (primary N) is 1. The summed E-state index contributed by atoms with van der Waals surface area (Å²) < 4.78 is 0. The SMILES string of the molecule is CC(CCCc1ccccc1)NC(=O)C(C)(C)N. The van der Waals surface area contributed by atoms with Crippen LogP contribution in [0.25, 0.3) is 0 Å². The molecule has 0 spiro atoms. The van der Waals surface area contributed by atoms with E-state index in [0.29, 0.717) is 0 Å². The minimum atomic E-state index is -0.798. The molecule has 1 aromatic carbocycles. The molecule has 0 bridgehead atoms. The van der Waals surface area contributed by atoms with Crippen molar-refractivity contribution in [2.75, 3.05) is 0 Å². The number of benzene rings is 1. The maximum atomic E-state index is 11.7. The molecule has 0 aromatic heterocycles. The van der Waals surface area contributed by atoms with Crippen LogP contribution in [-0.4, -0.2) is 17.5 Å². The van der Waals surface area contributed by atoms with Gasteiger partial charge in [0.05, 0.1) is 5.54 Å². The summed E-state index contributed by atoms with van der Waals surface area (Å²) in [7, 11) is 0. The van der Waals surface area contributed by atoms with Gasteiger partial charge in [-0.1, -0.05) is 30.3 Å². The fourth-order valence-electron chi connectivity index (χ4n) is 1.74. The maximum Gasteiger partial charge on any atom is 0.239 e. The Labute approximate surface area is 110 Å². The third-order valence-electron chi connectivity index (χ3n) is 2.91. The van der Waals surface area contributed by atoms with Gasteiger partial charge in [-0.25, -0.2) is 0 Å². The van der Waals surface area contributed by atoms with Crippen molar-refractivity contribution in [1.29, 1.82) is 0 Å². The van der Waals surface area contributed by atoms with Gasteiger partial charge in [0.15, 0.2) is 0 Å². The predicted octanol–water partition coefficient (Wildman–Crippen LogP) is 2.25. The van der Waals surface area contributed by atoms with Crippen LogP contribution < -0.4 is 11.1 Å². The first-order valence-electron chi connectivity index (χ1n) is 6.53. The molecule has 0 aliphatic carbocycles. The highest BCUT2D eigenvalue weighted by Crippen LogP contribution is 2.07. The topological polar surface area (TPSA) is 55.1 Å². The van der Waals surface area contributed by atoms with Crippen LogP contribution in [0.15, 0.2) is 30.3 Å². The lowest BCUT2D eigenvalue weighted by atomic mass is 10.0. The van der Waals surface area contributed by atoms with Crippen molar-refractivity contribution in [3.63, 3.8) is 0 Å². The Morgan fingerprint density at radius 3 is 2.50 bits per heavy atom. The zero-order valence-corrected chi connectivity index (χ0v) is 11.6. The zero-order valence-electron chi connectivity index (χ0n) is 11.6. The lowest BCUT2D eigenvalue weighted by molar-refractivity contribution is -0.125. The largest absolute Gasteiger partial charge is 0.352 e. The van der Waals surface area contributed by atoms with Gasteiger partial charge in [-0.3, -0.25) is 4.79 Å². The zero-order chi connectivity index (χ0) is 13.6. The molecule has 0 fully saturated rings. The molecular formula is C15H24N2O. The highest BCUT2D eigenvalue weighted by atomic mass is 16.2. The second-order valence-electron chi connectivity index (χ2n) is 5.47. The molecule has 1 unspecified atom stereocenters. The van der Waals surface area contributed by atoms with Crippen molar-refractivity contribution in [2.45, 2.75) is 51.6 Å². The monoisotopic (exact) mass is 248 g/mol. The van der Waals surface area contributed by atoms with E-state index in [2.05, 4.69) is 29.6 Å². The molecule has 0 aliphatic heterocycles. The second kappa shape index (κ2) is 6.55. The van der Waals surface area contributed by atoms with Crippen LogP contribution in [0.4, 0.5) is 0 Å². The van der Waals surface area contributed by atoms with Crippen LogP contribution in [0.1, 0.15) is 39.2 Å². The molecule has 1 amide bonds. The van der Waals surface area contributed by atoms with E-state index in [9.17, 15) is 4.79 Å². The summed E-state index contributed by atoms with van der Waals surface area (Å²) in [6.45, 7) is 5.46. The van der Waals surface area contributed by atoms with E-state index in [1.165, 1.54) is 5.56 Å². The Hall–Kier alpha value is -1.35. The summed E-state index contributed by atoms with van der Waals surface area (Å²) in [5.74, 6) is -0.0882. The van der Waals surface area contributed by atoms with E-state index in [1.54, 1.807) is 13.8 Å². The number of rotatable bonds is 6. The average Bonchev–Trinajstić information content (AvgIpc) is 2.29. The third-order valence-corrected chi connectivity index (χ3v) is 2.91. The molecule has 100 valence electrons. The number of nitrogens with one attached hydrogen (secondary N) is 1. The maximum absolute atomic E-state index is 11.7. The normalized spacial score (nSPS) is 13.1. The molecule has 0 radical (unpaired) electrons. The quantitative estimate of drug-likeness (QED) is 0.811. The van der Waals surface area contributed by atoms with Gasteiger partial charge in [-0.2, -0.15) is 0 Å². The third kappa shape index (κ3) is 5.32. The highest BCUT2D eigenvalue weighted by Gasteiger charge is 2.22. The van der Waals surface area contributed by atoms with E-state index < -0.39 is 5.54 Å².